The molecule has 1 N–H and O–H groups in total. The predicted octanol–water partition coefficient (Wildman–Crippen LogP) is 4.68. The van der Waals surface area contributed by atoms with Crippen molar-refractivity contribution in [3.8, 4) is 39.1 Å². The molecular weight excluding hydrogens is 440 g/mol. The molecule has 0 fully saturated rings. The molecule has 5 aromatic rings. The quantitative estimate of drug-likeness (QED) is 0.428. The van der Waals surface area contributed by atoms with Crippen molar-refractivity contribution in [1.82, 2.24) is 30.0 Å². The van der Waals surface area contributed by atoms with Crippen molar-refractivity contribution in [3.63, 3.8) is 0 Å². The van der Waals surface area contributed by atoms with Gasteiger partial charge in [-0.25, -0.2) is 0 Å². The Labute approximate surface area is 172 Å². The largest absolute Gasteiger partial charge is 0.497 e. The van der Waals surface area contributed by atoms with Gasteiger partial charge in [0.25, 0.3) is 0 Å². The summed E-state index contributed by atoms with van der Waals surface area (Å²) in [7, 11) is 1.65. The van der Waals surface area contributed by atoms with E-state index >= 15 is 0 Å². The van der Waals surface area contributed by atoms with Crippen LogP contribution in [0.4, 0.5) is 0 Å². The van der Waals surface area contributed by atoms with Gasteiger partial charge < -0.3 is 4.74 Å². The highest BCUT2D eigenvalue weighted by Gasteiger charge is 2.17. The summed E-state index contributed by atoms with van der Waals surface area (Å²) < 4.78 is 7.91. The monoisotopic (exact) mass is 452 g/mol. The number of rotatable bonds is 4. The fourth-order valence-electron chi connectivity index (χ4n) is 2.88. The summed E-state index contributed by atoms with van der Waals surface area (Å²) in [6.45, 7) is 0. The summed E-state index contributed by atoms with van der Waals surface area (Å²) >= 11 is 5.02. The van der Waals surface area contributed by atoms with E-state index in [0.29, 0.717) is 5.82 Å². The Morgan fingerprint density at radius 2 is 1.89 bits per heavy atom. The van der Waals surface area contributed by atoms with Gasteiger partial charge in [-0.3, -0.25) is 5.10 Å². The molecule has 2 aromatic carbocycles. The fraction of sp³-hybridized carbons (Fsp3) is 0.0526. The van der Waals surface area contributed by atoms with Crippen LogP contribution in [0.15, 0.2) is 59.1 Å². The molecule has 7 nitrogen and oxygen atoms in total. The third-order valence-electron chi connectivity index (χ3n) is 4.30. The smallest absolute Gasteiger partial charge is 0.235 e. The SMILES string of the molecule is COc1ccc(-c2cc(-c3nn4c(-c5ccccc5Br)nnc4s3)[nH]n2)cc1. The Kier molecular flexibility index (Phi) is 4.18. The lowest BCUT2D eigenvalue weighted by Crippen LogP contribution is -1.91. The zero-order valence-corrected chi connectivity index (χ0v) is 17.0. The molecule has 0 radical (unpaired) electrons. The van der Waals surface area contributed by atoms with Gasteiger partial charge in [0.2, 0.25) is 4.96 Å². The van der Waals surface area contributed by atoms with Gasteiger partial charge in [0.05, 0.1) is 18.5 Å². The summed E-state index contributed by atoms with van der Waals surface area (Å²) in [4.78, 5) is 0.723. The van der Waals surface area contributed by atoms with Gasteiger partial charge in [-0.1, -0.05) is 39.4 Å². The molecule has 0 saturated carbocycles. The van der Waals surface area contributed by atoms with Crippen LogP contribution in [-0.2, 0) is 0 Å². The van der Waals surface area contributed by atoms with Crippen LogP contribution in [0.5, 0.6) is 5.75 Å². The van der Waals surface area contributed by atoms with Crippen molar-refractivity contribution < 1.29 is 4.74 Å². The number of ether oxygens (including phenoxy) is 1. The normalized spacial score (nSPS) is 11.2. The van der Waals surface area contributed by atoms with Crippen LogP contribution in [0.25, 0.3) is 38.3 Å². The van der Waals surface area contributed by atoms with Gasteiger partial charge in [0.1, 0.15) is 5.75 Å². The van der Waals surface area contributed by atoms with Gasteiger partial charge >= 0.3 is 0 Å². The lowest BCUT2D eigenvalue weighted by atomic mass is 10.1. The Morgan fingerprint density at radius 3 is 2.68 bits per heavy atom. The van der Waals surface area contributed by atoms with Crippen LogP contribution in [0.3, 0.4) is 0 Å². The zero-order chi connectivity index (χ0) is 19.1. The number of fused-ring (bicyclic) bond motifs is 1. The van der Waals surface area contributed by atoms with E-state index in [2.05, 4.69) is 36.3 Å². The molecule has 0 saturated heterocycles. The summed E-state index contributed by atoms with van der Waals surface area (Å²) in [6, 6.07) is 17.6. The van der Waals surface area contributed by atoms with Crippen molar-refractivity contribution in [2.24, 2.45) is 0 Å². The van der Waals surface area contributed by atoms with Crippen molar-refractivity contribution in [2.45, 2.75) is 0 Å². The van der Waals surface area contributed by atoms with Crippen LogP contribution >= 0.6 is 27.3 Å². The summed E-state index contributed by atoms with van der Waals surface area (Å²) in [5, 5.41) is 21.5. The predicted molar refractivity (Wildman–Crippen MR) is 111 cm³/mol. The number of H-pyrrole nitrogens is 1. The second-order valence-electron chi connectivity index (χ2n) is 6.00. The molecule has 0 aliphatic heterocycles. The highest BCUT2D eigenvalue weighted by atomic mass is 79.9. The number of hydrogen-bond acceptors (Lipinski definition) is 6. The molecule has 5 rings (SSSR count). The van der Waals surface area contributed by atoms with Gasteiger partial charge in [0, 0.05) is 15.6 Å². The van der Waals surface area contributed by atoms with E-state index in [9.17, 15) is 0 Å². The molecule has 0 aliphatic rings. The van der Waals surface area contributed by atoms with Gasteiger partial charge in [0.15, 0.2) is 10.8 Å². The number of aromatic nitrogens is 6. The van der Waals surface area contributed by atoms with Crippen LogP contribution in [0.2, 0.25) is 0 Å². The summed E-state index contributed by atoms with van der Waals surface area (Å²) in [5.41, 5.74) is 3.62. The minimum Gasteiger partial charge on any atom is -0.497 e. The summed E-state index contributed by atoms with van der Waals surface area (Å²) in [5.74, 6) is 1.51. The Balaban J connectivity index is 1.52. The first kappa shape index (κ1) is 17.1. The number of nitrogens with zero attached hydrogens (tertiary/aromatic N) is 5. The molecule has 0 atom stereocenters. The molecule has 0 bridgehead atoms. The third-order valence-corrected chi connectivity index (χ3v) is 5.92. The van der Waals surface area contributed by atoms with E-state index in [1.54, 1.807) is 11.6 Å². The van der Waals surface area contributed by atoms with E-state index < -0.39 is 0 Å². The molecule has 3 heterocycles. The van der Waals surface area contributed by atoms with Crippen molar-refractivity contribution in [3.05, 3.63) is 59.1 Å². The van der Waals surface area contributed by atoms with Gasteiger partial charge in [-0.05, 0) is 42.5 Å². The third kappa shape index (κ3) is 2.88. The molecule has 28 heavy (non-hydrogen) atoms. The van der Waals surface area contributed by atoms with Crippen molar-refractivity contribution in [2.75, 3.05) is 7.11 Å². The van der Waals surface area contributed by atoms with E-state index in [1.807, 2.05) is 54.6 Å². The van der Waals surface area contributed by atoms with Crippen LogP contribution < -0.4 is 4.74 Å². The average molecular weight is 453 g/mol. The highest BCUT2D eigenvalue weighted by Crippen LogP contribution is 2.31. The second-order valence-corrected chi connectivity index (χ2v) is 7.81. The number of methoxy groups -OCH3 is 1. The number of aromatic amines is 1. The van der Waals surface area contributed by atoms with E-state index in [-0.39, 0.29) is 0 Å². The fourth-order valence-corrected chi connectivity index (χ4v) is 4.14. The number of halogens is 1. The molecule has 0 amide bonds. The molecule has 138 valence electrons. The number of benzene rings is 2. The second kappa shape index (κ2) is 6.84. The van der Waals surface area contributed by atoms with E-state index in [1.165, 1.54) is 11.3 Å². The first-order valence-electron chi connectivity index (χ1n) is 8.40. The van der Waals surface area contributed by atoms with E-state index in [4.69, 9.17) is 9.84 Å². The van der Waals surface area contributed by atoms with Gasteiger partial charge in [-0.2, -0.15) is 14.7 Å². The average Bonchev–Trinajstić information content (AvgIpc) is 3.44. The Bertz CT molecular complexity index is 1270. The van der Waals surface area contributed by atoms with Crippen molar-refractivity contribution >= 4 is 32.2 Å². The van der Waals surface area contributed by atoms with Crippen LogP contribution in [0.1, 0.15) is 0 Å². The number of nitrogens with one attached hydrogen (secondary N) is 1. The Hall–Kier alpha value is -3.04. The molecule has 9 heteroatoms. The van der Waals surface area contributed by atoms with Crippen molar-refractivity contribution in [1.29, 1.82) is 0 Å². The molecule has 0 aliphatic carbocycles. The molecule has 0 unspecified atom stereocenters. The molecule has 0 spiro atoms. The van der Waals surface area contributed by atoms with Gasteiger partial charge in [-0.15, -0.1) is 10.2 Å². The molecule has 3 aromatic heterocycles. The standard InChI is InChI=1S/C19H13BrN6OS/c1-27-12-8-6-11(7-9-12)15-10-16(22-21-15)18-25-26-17(23-24-19(26)28-18)13-4-2-3-5-14(13)20/h2-10H,1H3,(H,21,22). The maximum Gasteiger partial charge on any atom is 0.235 e. The summed E-state index contributed by atoms with van der Waals surface area (Å²) in [6.07, 6.45) is 0. The van der Waals surface area contributed by atoms with E-state index in [0.717, 1.165) is 42.7 Å². The minimum absolute atomic E-state index is 0.694. The lowest BCUT2D eigenvalue weighted by molar-refractivity contribution is 0.415. The first-order valence-corrected chi connectivity index (χ1v) is 10.0. The topological polar surface area (TPSA) is 81.0 Å². The molecular formula is C19H13BrN6OS. The first-order chi connectivity index (χ1) is 13.7. The minimum atomic E-state index is 0.694. The zero-order valence-electron chi connectivity index (χ0n) is 14.6. The van der Waals surface area contributed by atoms with Crippen LogP contribution in [-0.4, -0.2) is 37.1 Å². The maximum atomic E-state index is 5.20. The lowest BCUT2D eigenvalue weighted by Gasteiger charge is -2.00. The Morgan fingerprint density at radius 1 is 1.07 bits per heavy atom. The highest BCUT2D eigenvalue weighted by molar-refractivity contribution is 9.10. The number of hydrogen-bond donors (Lipinski definition) is 1. The van der Waals surface area contributed by atoms with Crippen LogP contribution in [0, 0.1) is 0 Å². The maximum absolute atomic E-state index is 5.20.